The monoisotopic (exact) mass is 417 g/mol. The zero-order valence-corrected chi connectivity index (χ0v) is 18.6. The number of nitrogens with zero attached hydrogens (tertiary/aromatic N) is 1. The van der Waals surface area contributed by atoms with Crippen LogP contribution in [0.3, 0.4) is 0 Å². The van der Waals surface area contributed by atoms with E-state index in [4.69, 9.17) is 10.5 Å². The molecule has 6 nitrogen and oxygen atoms in total. The van der Waals surface area contributed by atoms with Crippen molar-refractivity contribution in [3.05, 3.63) is 35.9 Å². The number of esters is 1. The molecule has 1 aliphatic rings. The average molecular weight is 418 g/mol. The van der Waals surface area contributed by atoms with Gasteiger partial charge in [0.05, 0.1) is 12.6 Å². The summed E-state index contributed by atoms with van der Waals surface area (Å²) in [5.41, 5.74) is 6.84. The van der Waals surface area contributed by atoms with Crippen molar-refractivity contribution >= 4 is 11.9 Å². The van der Waals surface area contributed by atoms with Crippen LogP contribution in [-0.4, -0.2) is 54.6 Å². The third-order valence-corrected chi connectivity index (χ3v) is 5.87. The van der Waals surface area contributed by atoms with E-state index in [0.717, 1.165) is 38.6 Å². The second-order valence-electron chi connectivity index (χ2n) is 8.21. The number of carbonyl (C=O) groups is 2. The largest absolute Gasteiger partial charge is 0.465 e. The molecule has 0 saturated carbocycles. The second kappa shape index (κ2) is 13.4. The number of likely N-dealkylation sites (tertiary alicyclic amines) is 1. The summed E-state index contributed by atoms with van der Waals surface area (Å²) >= 11 is 0. The minimum atomic E-state index is -0.503. The van der Waals surface area contributed by atoms with Gasteiger partial charge in [-0.1, -0.05) is 36.8 Å². The molecule has 3 N–H and O–H groups in total. The Hall–Kier alpha value is -1.92. The van der Waals surface area contributed by atoms with E-state index in [1.807, 2.05) is 30.0 Å². The maximum Gasteiger partial charge on any atom is 0.323 e. The third kappa shape index (κ3) is 7.73. The molecule has 1 heterocycles. The highest BCUT2D eigenvalue weighted by Gasteiger charge is 2.32. The maximum atomic E-state index is 13.4. The molecule has 6 heteroatoms. The van der Waals surface area contributed by atoms with Crippen LogP contribution in [0.25, 0.3) is 0 Å². The van der Waals surface area contributed by atoms with E-state index in [1.54, 1.807) is 0 Å². The first-order chi connectivity index (χ1) is 14.6. The van der Waals surface area contributed by atoms with Crippen molar-refractivity contribution in [3.63, 3.8) is 0 Å². The first kappa shape index (κ1) is 24.4. The SMILES string of the molecule is CCOC(=O)C(CCc1ccccc1)NC(CCCCN)C(=O)N1CCCCC1C. The van der Waals surface area contributed by atoms with Gasteiger partial charge in [0.2, 0.25) is 5.91 Å². The Balaban J connectivity index is 2.10. The fourth-order valence-corrected chi connectivity index (χ4v) is 4.11. The van der Waals surface area contributed by atoms with Gasteiger partial charge in [0.15, 0.2) is 0 Å². The van der Waals surface area contributed by atoms with Gasteiger partial charge in [0.25, 0.3) is 0 Å². The predicted octanol–water partition coefficient (Wildman–Crippen LogP) is 3.04. The third-order valence-electron chi connectivity index (χ3n) is 5.87. The Morgan fingerprint density at radius 3 is 2.60 bits per heavy atom. The number of hydrogen-bond acceptors (Lipinski definition) is 5. The van der Waals surface area contributed by atoms with Crippen molar-refractivity contribution in [2.45, 2.75) is 83.3 Å². The minimum Gasteiger partial charge on any atom is -0.465 e. The van der Waals surface area contributed by atoms with Crippen molar-refractivity contribution in [2.24, 2.45) is 5.73 Å². The van der Waals surface area contributed by atoms with E-state index >= 15 is 0 Å². The number of piperidine rings is 1. The second-order valence-corrected chi connectivity index (χ2v) is 8.21. The van der Waals surface area contributed by atoms with Crippen LogP contribution in [0.4, 0.5) is 0 Å². The molecule has 0 aliphatic carbocycles. The molecule has 0 aromatic heterocycles. The van der Waals surface area contributed by atoms with E-state index in [0.29, 0.717) is 26.0 Å². The van der Waals surface area contributed by atoms with Crippen LogP contribution < -0.4 is 11.1 Å². The summed E-state index contributed by atoms with van der Waals surface area (Å²) in [6.07, 6.45) is 7.00. The lowest BCUT2D eigenvalue weighted by Crippen LogP contribution is -2.55. The molecule has 2 rings (SSSR count). The molecule has 1 aliphatic heterocycles. The van der Waals surface area contributed by atoms with Crippen molar-refractivity contribution in [1.29, 1.82) is 0 Å². The van der Waals surface area contributed by atoms with Gasteiger partial charge in [-0.15, -0.1) is 0 Å². The van der Waals surface area contributed by atoms with Gasteiger partial charge in [-0.05, 0) is 70.9 Å². The van der Waals surface area contributed by atoms with Crippen molar-refractivity contribution in [3.8, 4) is 0 Å². The number of unbranched alkanes of at least 4 members (excludes halogenated alkanes) is 1. The highest BCUT2D eigenvalue weighted by Crippen LogP contribution is 2.19. The molecule has 168 valence electrons. The molecule has 0 radical (unpaired) electrons. The first-order valence-electron chi connectivity index (χ1n) is 11.5. The van der Waals surface area contributed by atoms with Crippen LogP contribution in [0.5, 0.6) is 0 Å². The van der Waals surface area contributed by atoms with Crippen LogP contribution in [0, 0.1) is 0 Å². The lowest BCUT2D eigenvalue weighted by molar-refractivity contribution is -0.147. The van der Waals surface area contributed by atoms with E-state index < -0.39 is 6.04 Å². The number of carbonyl (C=O) groups excluding carboxylic acids is 2. The standard InChI is InChI=1S/C24H39N3O3/c1-3-30-24(29)22(16-15-20-12-5-4-6-13-20)26-21(14-7-9-17-25)23(28)27-18-10-8-11-19(27)2/h4-6,12-13,19,21-22,26H,3,7-11,14-18,25H2,1-2H3. The van der Waals surface area contributed by atoms with Crippen molar-refractivity contribution in [2.75, 3.05) is 19.7 Å². The summed E-state index contributed by atoms with van der Waals surface area (Å²) in [6.45, 7) is 5.66. The molecule has 1 aromatic rings. The number of hydrogen-bond donors (Lipinski definition) is 2. The topological polar surface area (TPSA) is 84.7 Å². The number of aryl methyl sites for hydroxylation is 1. The predicted molar refractivity (Wildman–Crippen MR) is 120 cm³/mol. The molecule has 1 fully saturated rings. The van der Waals surface area contributed by atoms with Gasteiger partial charge in [0.1, 0.15) is 6.04 Å². The fraction of sp³-hybridized carbons (Fsp3) is 0.667. The minimum absolute atomic E-state index is 0.105. The highest BCUT2D eigenvalue weighted by molar-refractivity contribution is 5.84. The number of benzene rings is 1. The lowest BCUT2D eigenvalue weighted by atomic mass is 9.99. The summed E-state index contributed by atoms with van der Waals surface area (Å²) in [4.78, 5) is 28.0. The summed E-state index contributed by atoms with van der Waals surface area (Å²) in [5.74, 6) is -0.176. The first-order valence-corrected chi connectivity index (χ1v) is 11.5. The van der Waals surface area contributed by atoms with Crippen LogP contribution in [0.15, 0.2) is 30.3 Å². The zero-order chi connectivity index (χ0) is 21.8. The molecule has 1 saturated heterocycles. The molecular weight excluding hydrogens is 378 g/mol. The van der Waals surface area contributed by atoms with Gasteiger partial charge < -0.3 is 15.4 Å². The van der Waals surface area contributed by atoms with Crippen molar-refractivity contribution in [1.82, 2.24) is 10.2 Å². The fourth-order valence-electron chi connectivity index (χ4n) is 4.11. The van der Waals surface area contributed by atoms with E-state index in [2.05, 4.69) is 24.4 Å². The molecular formula is C24H39N3O3. The van der Waals surface area contributed by atoms with Gasteiger partial charge in [-0.25, -0.2) is 0 Å². The number of nitrogens with two attached hydrogens (primary N) is 1. The molecule has 3 unspecified atom stereocenters. The zero-order valence-electron chi connectivity index (χ0n) is 18.6. The number of rotatable bonds is 12. The lowest BCUT2D eigenvalue weighted by Gasteiger charge is -2.37. The molecule has 0 bridgehead atoms. The highest BCUT2D eigenvalue weighted by atomic mass is 16.5. The van der Waals surface area contributed by atoms with Crippen molar-refractivity contribution < 1.29 is 14.3 Å². The van der Waals surface area contributed by atoms with Gasteiger partial charge in [0, 0.05) is 12.6 Å². The normalized spacial score (nSPS) is 18.6. The Morgan fingerprint density at radius 2 is 1.93 bits per heavy atom. The van der Waals surface area contributed by atoms with E-state index in [1.165, 1.54) is 12.0 Å². The van der Waals surface area contributed by atoms with Gasteiger partial charge in [-0.2, -0.15) is 0 Å². The van der Waals surface area contributed by atoms with E-state index in [-0.39, 0.29) is 24.0 Å². The smallest absolute Gasteiger partial charge is 0.323 e. The van der Waals surface area contributed by atoms with Gasteiger partial charge in [-0.3, -0.25) is 14.9 Å². The maximum absolute atomic E-state index is 13.4. The summed E-state index contributed by atoms with van der Waals surface area (Å²) < 4.78 is 5.32. The average Bonchev–Trinajstić information content (AvgIpc) is 2.76. The number of ether oxygens (including phenoxy) is 1. The van der Waals surface area contributed by atoms with Crippen LogP contribution in [-0.2, 0) is 20.7 Å². The van der Waals surface area contributed by atoms with E-state index in [9.17, 15) is 9.59 Å². The summed E-state index contributed by atoms with van der Waals surface area (Å²) in [6, 6.07) is 9.45. The molecule has 0 spiro atoms. The summed E-state index contributed by atoms with van der Waals surface area (Å²) in [7, 11) is 0. The number of amides is 1. The molecule has 1 amide bonds. The quantitative estimate of drug-likeness (QED) is 0.403. The van der Waals surface area contributed by atoms with Gasteiger partial charge >= 0.3 is 5.97 Å². The van der Waals surface area contributed by atoms with Crippen LogP contribution in [0.1, 0.15) is 64.4 Å². The Morgan fingerprint density at radius 1 is 1.17 bits per heavy atom. The Labute approximate surface area is 181 Å². The Kier molecular flexibility index (Phi) is 10.9. The molecule has 1 aromatic carbocycles. The van der Waals surface area contributed by atoms with Crippen LogP contribution in [0.2, 0.25) is 0 Å². The molecule has 30 heavy (non-hydrogen) atoms. The molecule has 3 atom stereocenters. The summed E-state index contributed by atoms with van der Waals surface area (Å²) in [5, 5.41) is 3.38. The number of nitrogens with one attached hydrogen (secondary N) is 1. The van der Waals surface area contributed by atoms with Crippen LogP contribution >= 0.6 is 0 Å². The Bertz CT molecular complexity index is 638.